The van der Waals surface area contributed by atoms with E-state index >= 15 is 0 Å². The molecule has 0 heterocycles. The fourth-order valence-electron chi connectivity index (χ4n) is 0. The summed E-state index contributed by atoms with van der Waals surface area (Å²) in [5, 5.41) is 0. The average molecular weight is 396 g/mol. The standard InChI is InChI=1S/Bi.Li.H2O.2O.H2Te/h;;1H2;;;1H2/q+3;+1;;2*-2;. The van der Waals surface area contributed by atoms with Gasteiger partial charge in [0.15, 0.2) is 0 Å². The molecule has 0 aliphatic carbocycles. The molecule has 0 bridgehead atoms. The molecule has 6 heavy (non-hydrogen) atoms. The second-order valence-corrected chi connectivity index (χ2v) is 0. The Morgan fingerprint density at radius 2 is 0.833 bits per heavy atom. The molecular weight excluding hydrogens is 392 g/mol. The van der Waals surface area contributed by atoms with Crippen LogP contribution in [-0.4, -0.2) is 55.3 Å². The molecule has 0 aromatic heterocycles. The van der Waals surface area contributed by atoms with Crippen LogP contribution in [0.1, 0.15) is 0 Å². The van der Waals surface area contributed by atoms with E-state index in [9.17, 15) is 0 Å². The Kier molecular flexibility index (Phi) is 879. The van der Waals surface area contributed by atoms with Crippen molar-refractivity contribution in [2.45, 2.75) is 0 Å². The van der Waals surface area contributed by atoms with Crippen LogP contribution in [0.5, 0.6) is 0 Å². The van der Waals surface area contributed by atoms with Crippen molar-refractivity contribution in [2.75, 3.05) is 0 Å². The van der Waals surface area contributed by atoms with Crippen molar-refractivity contribution in [3.8, 4) is 0 Å². The van der Waals surface area contributed by atoms with Crippen molar-refractivity contribution >= 4 is 49.9 Å². The second kappa shape index (κ2) is 58.5. The van der Waals surface area contributed by atoms with Crippen LogP contribution in [0.4, 0.5) is 0 Å². The van der Waals surface area contributed by atoms with Crippen molar-refractivity contribution in [1.82, 2.24) is 0 Å². The first-order valence-electron chi connectivity index (χ1n) is 0. The minimum atomic E-state index is 0. The first-order valence-corrected chi connectivity index (χ1v) is 0. The SMILES string of the molecule is O.[Bi+3].[Li+].[O-2].[O-2].[TeH2]. The van der Waals surface area contributed by atoms with Crippen molar-refractivity contribution in [2.24, 2.45) is 0 Å². The van der Waals surface area contributed by atoms with Gasteiger partial charge in [-0.25, -0.2) is 0 Å². The number of hydrogen-bond acceptors (Lipinski definition) is 0. The molecule has 0 saturated carbocycles. The third-order valence-electron chi connectivity index (χ3n) is 0. The molecule has 2 radical (unpaired) electrons. The van der Waals surface area contributed by atoms with Crippen LogP contribution in [-0.2, 0) is 11.0 Å². The van der Waals surface area contributed by atoms with E-state index in [-0.39, 0.29) is 85.2 Å². The zero-order valence-corrected chi connectivity index (χ0v) is 9.59. The van der Waals surface area contributed by atoms with E-state index in [0.29, 0.717) is 0 Å². The topological polar surface area (TPSA) is 88.5 Å². The molecule has 0 saturated heterocycles. The van der Waals surface area contributed by atoms with E-state index in [2.05, 4.69) is 0 Å². The van der Waals surface area contributed by atoms with Crippen LogP contribution in [0, 0.1) is 0 Å². The zero-order valence-electron chi connectivity index (χ0n) is 3.26. The molecule has 2 N–H and O–H groups in total. The predicted molar refractivity (Wildman–Crippen MR) is 19.3 cm³/mol. The van der Waals surface area contributed by atoms with Crippen LogP contribution in [0.25, 0.3) is 0 Å². The Labute approximate surface area is 84.2 Å². The summed E-state index contributed by atoms with van der Waals surface area (Å²) in [6.45, 7) is 0. The third kappa shape index (κ3) is 35.3. The van der Waals surface area contributed by atoms with Crippen LogP contribution in [0.15, 0.2) is 0 Å². The van der Waals surface area contributed by atoms with Gasteiger partial charge in [-0.05, 0) is 0 Å². The Hall–Kier alpha value is 2.15. The molecule has 0 unspecified atom stereocenters. The minimum absolute atomic E-state index is 0. The molecule has 0 amide bonds. The predicted octanol–water partition coefficient (Wildman–Crippen LogP) is -5.36. The Bertz CT molecular complexity index is 10.8. The van der Waals surface area contributed by atoms with Crippen molar-refractivity contribution in [1.29, 1.82) is 0 Å². The van der Waals surface area contributed by atoms with E-state index in [1.165, 1.54) is 0 Å². The zero-order chi connectivity index (χ0) is 0. The molecule has 34 valence electrons. The van der Waals surface area contributed by atoms with Gasteiger partial charge in [-0.15, -0.1) is 0 Å². The first kappa shape index (κ1) is 90.1. The van der Waals surface area contributed by atoms with E-state index in [1.54, 1.807) is 0 Å². The quantitative estimate of drug-likeness (QED) is 0.367. The van der Waals surface area contributed by atoms with Crippen LogP contribution in [0.2, 0.25) is 0 Å². The maximum atomic E-state index is 0. The van der Waals surface area contributed by atoms with Gasteiger partial charge in [-0.2, -0.15) is 0 Å². The summed E-state index contributed by atoms with van der Waals surface area (Å²) in [5.41, 5.74) is 0. The van der Waals surface area contributed by atoms with Crippen LogP contribution >= 0.6 is 0 Å². The fraction of sp³-hybridized carbons (Fsp3) is 0. The summed E-state index contributed by atoms with van der Waals surface area (Å²) < 4.78 is 0. The van der Waals surface area contributed by atoms with Gasteiger partial charge < -0.3 is 16.4 Å². The van der Waals surface area contributed by atoms with Gasteiger partial charge in [-0.1, -0.05) is 0 Å². The average Bonchev–Trinajstić information content (AvgIpc) is 0. The van der Waals surface area contributed by atoms with E-state index < -0.39 is 0 Å². The van der Waals surface area contributed by atoms with Gasteiger partial charge >= 0.3 is 68.7 Å². The Morgan fingerprint density at radius 3 is 0.833 bits per heavy atom. The second-order valence-electron chi connectivity index (χ2n) is 0. The Morgan fingerprint density at radius 1 is 0.833 bits per heavy atom. The number of hydrogen-bond donors (Lipinski definition) is 0. The van der Waals surface area contributed by atoms with Crippen molar-refractivity contribution in [3.63, 3.8) is 0 Å². The molecule has 0 rings (SSSR count). The molecule has 6 heteroatoms. The van der Waals surface area contributed by atoms with Crippen molar-refractivity contribution in [3.05, 3.63) is 0 Å². The third-order valence-corrected chi connectivity index (χ3v) is 0. The molecule has 0 fully saturated rings. The van der Waals surface area contributed by atoms with Gasteiger partial charge in [0.05, 0.1) is 0 Å². The van der Waals surface area contributed by atoms with Gasteiger partial charge in [0.1, 0.15) is 0 Å². The first-order chi connectivity index (χ1) is 0. The maximum absolute atomic E-state index is 0. The van der Waals surface area contributed by atoms with Crippen LogP contribution < -0.4 is 18.9 Å². The van der Waals surface area contributed by atoms with E-state index in [4.69, 9.17) is 0 Å². The van der Waals surface area contributed by atoms with Gasteiger partial charge in [0, 0.05) is 0 Å². The summed E-state index contributed by atoms with van der Waals surface area (Å²) in [6, 6.07) is 0. The molecule has 0 aromatic rings. The number of rotatable bonds is 0. The molecule has 3 nitrogen and oxygen atoms in total. The Balaban J connectivity index is 0. The summed E-state index contributed by atoms with van der Waals surface area (Å²) in [5.74, 6) is 0. The van der Waals surface area contributed by atoms with Gasteiger partial charge in [0.2, 0.25) is 0 Å². The monoisotopic (exact) mass is 398 g/mol. The summed E-state index contributed by atoms with van der Waals surface area (Å²) in [6.07, 6.45) is 0. The van der Waals surface area contributed by atoms with Gasteiger partial charge in [-0.3, -0.25) is 0 Å². The van der Waals surface area contributed by atoms with Crippen molar-refractivity contribution < 1.29 is 35.3 Å². The molecule has 0 atom stereocenters. The normalized spacial score (nSPS) is 0. The molecule has 0 aliphatic rings. The molecule has 0 aliphatic heterocycles. The summed E-state index contributed by atoms with van der Waals surface area (Å²) in [4.78, 5) is 0. The molecule has 0 spiro atoms. The fourth-order valence-corrected chi connectivity index (χ4v) is 0. The molecular formula is H4BiLiO3Te. The molecule has 0 aromatic carbocycles. The summed E-state index contributed by atoms with van der Waals surface area (Å²) >= 11 is 0. The van der Waals surface area contributed by atoms with Gasteiger partial charge in [0.25, 0.3) is 0 Å². The van der Waals surface area contributed by atoms with Crippen LogP contribution in [0.3, 0.4) is 0 Å². The summed E-state index contributed by atoms with van der Waals surface area (Å²) in [7, 11) is 0. The van der Waals surface area contributed by atoms with E-state index in [0.717, 1.165) is 0 Å². The van der Waals surface area contributed by atoms with E-state index in [1.807, 2.05) is 0 Å².